The minimum atomic E-state index is 0.561. The SMILES string of the molecule is CC.CC.CCC1CCC2(C)C(=CC[C@@H]3C2CCC2(C)C(CCCCC(C)C)CCC32)C1. The monoisotopic (exact) mass is 444 g/mol. The molecule has 0 aliphatic heterocycles. The highest BCUT2D eigenvalue weighted by Crippen LogP contribution is 2.67. The molecule has 0 spiro atoms. The van der Waals surface area contributed by atoms with Crippen molar-refractivity contribution in [3.63, 3.8) is 0 Å². The number of hydrogen-bond acceptors (Lipinski definition) is 0. The molecule has 4 rings (SSSR count). The highest BCUT2D eigenvalue weighted by Gasteiger charge is 2.58. The fourth-order valence-corrected chi connectivity index (χ4v) is 8.61. The Labute approximate surface area is 203 Å². The summed E-state index contributed by atoms with van der Waals surface area (Å²) in [4.78, 5) is 0. The fraction of sp³-hybridized carbons (Fsp3) is 0.938. The molecule has 0 heteroatoms. The van der Waals surface area contributed by atoms with E-state index in [-0.39, 0.29) is 0 Å². The van der Waals surface area contributed by atoms with Crippen LogP contribution < -0.4 is 0 Å². The van der Waals surface area contributed by atoms with Crippen LogP contribution in [0.1, 0.15) is 146 Å². The van der Waals surface area contributed by atoms with Gasteiger partial charge in [0.1, 0.15) is 0 Å². The van der Waals surface area contributed by atoms with Crippen LogP contribution in [0.4, 0.5) is 0 Å². The normalized spacial score (nSPS) is 40.1. The molecule has 4 aliphatic carbocycles. The van der Waals surface area contributed by atoms with E-state index >= 15 is 0 Å². The van der Waals surface area contributed by atoms with E-state index in [1.807, 2.05) is 33.3 Å². The molecule has 7 atom stereocenters. The summed E-state index contributed by atoms with van der Waals surface area (Å²) in [5, 5.41) is 0. The number of allylic oxidation sites excluding steroid dienone is 2. The van der Waals surface area contributed by atoms with Gasteiger partial charge in [-0.3, -0.25) is 0 Å². The molecule has 0 aromatic heterocycles. The van der Waals surface area contributed by atoms with Crippen molar-refractivity contribution in [2.45, 2.75) is 146 Å². The van der Waals surface area contributed by atoms with Gasteiger partial charge in [-0.1, -0.05) is 99.6 Å². The summed E-state index contributed by atoms with van der Waals surface area (Å²) in [5.74, 6) is 5.93. The molecule has 188 valence electrons. The molecule has 3 fully saturated rings. The van der Waals surface area contributed by atoms with Gasteiger partial charge in [-0.15, -0.1) is 0 Å². The molecule has 0 saturated heterocycles. The first kappa shape index (κ1) is 28.0. The van der Waals surface area contributed by atoms with Gasteiger partial charge in [-0.05, 0) is 104 Å². The molecule has 0 aromatic rings. The Bertz CT molecular complexity index is 571. The van der Waals surface area contributed by atoms with E-state index < -0.39 is 0 Å². The van der Waals surface area contributed by atoms with Crippen molar-refractivity contribution in [1.29, 1.82) is 0 Å². The van der Waals surface area contributed by atoms with Crippen LogP contribution in [-0.4, -0.2) is 0 Å². The first-order chi connectivity index (χ1) is 15.4. The zero-order chi connectivity index (χ0) is 23.9. The van der Waals surface area contributed by atoms with Gasteiger partial charge >= 0.3 is 0 Å². The second-order valence-corrected chi connectivity index (χ2v) is 12.3. The Balaban J connectivity index is 0.000000860. The third kappa shape index (κ3) is 5.51. The zero-order valence-electron chi connectivity index (χ0n) is 23.7. The molecule has 0 radical (unpaired) electrons. The van der Waals surface area contributed by atoms with Crippen LogP contribution in [0.25, 0.3) is 0 Å². The van der Waals surface area contributed by atoms with Crippen LogP contribution in [0.5, 0.6) is 0 Å². The van der Waals surface area contributed by atoms with Gasteiger partial charge in [0.15, 0.2) is 0 Å². The average molecular weight is 445 g/mol. The van der Waals surface area contributed by atoms with Crippen LogP contribution in [0.3, 0.4) is 0 Å². The third-order valence-electron chi connectivity index (χ3n) is 10.6. The second kappa shape index (κ2) is 12.4. The topological polar surface area (TPSA) is 0 Å². The summed E-state index contributed by atoms with van der Waals surface area (Å²) in [7, 11) is 0. The molecule has 3 saturated carbocycles. The number of unbranched alkanes of at least 4 members (excludes halogenated alkanes) is 1. The van der Waals surface area contributed by atoms with E-state index in [4.69, 9.17) is 0 Å². The molecular formula is C32H60. The summed E-state index contributed by atoms with van der Waals surface area (Å²) in [5.41, 5.74) is 3.12. The van der Waals surface area contributed by atoms with Crippen LogP contribution >= 0.6 is 0 Å². The van der Waals surface area contributed by atoms with Crippen molar-refractivity contribution < 1.29 is 0 Å². The molecule has 32 heavy (non-hydrogen) atoms. The van der Waals surface area contributed by atoms with Gasteiger partial charge in [-0.25, -0.2) is 0 Å². The molecule has 0 aromatic carbocycles. The van der Waals surface area contributed by atoms with Crippen molar-refractivity contribution in [3.05, 3.63) is 11.6 Å². The standard InChI is InChI=1S/C28H48.2C2H6/c1-6-21-15-17-28(5)23(19-21)11-13-24-25-14-12-22(10-8-7-9-20(2)3)27(25,4)18-16-26(24)28;2*1-2/h11,20-22,24-26H,6-10,12-19H2,1-5H3;2*1-2H3/t21?,22?,24-,25?,26?,27?,28?;;/m0../s1. The Morgan fingerprint density at radius 2 is 1.62 bits per heavy atom. The molecule has 0 amide bonds. The van der Waals surface area contributed by atoms with E-state index in [0.717, 1.165) is 35.5 Å². The Morgan fingerprint density at radius 3 is 2.28 bits per heavy atom. The lowest BCUT2D eigenvalue weighted by molar-refractivity contribution is -0.0456. The molecule has 0 nitrogen and oxygen atoms in total. The predicted molar refractivity (Wildman–Crippen MR) is 145 cm³/mol. The van der Waals surface area contributed by atoms with E-state index in [1.54, 1.807) is 6.42 Å². The Hall–Kier alpha value is -0.260. The van der Waals surface area contributed by atoms with Crippen LogP contribution in [-0.2, 0) is 0 Å². The van der Waals surface area contributed by atoms with Crippen molar-refractivity contribution in [3.8, 4) is 0 Å². The number of hydrogen-bond donors (Lipinski definition) is 0. The summed E-state index contributed by atoms with van der Waals surface area (Å²) < 4.78 is 0. The van der Waals surface area contributed by atoms with Gasteiger partial charge in [-0.2, -0.15) is 0 Å². The Morgan fingerprint density at radius 1 is 0.906 bits per heavy atom. The summed E-state index contributed by atoms with van der Waals surface area (Å²) in [6, 6.07) is 0. The van der Waals surface area contributed by atoms with E-state index in [9.17, 15) is 0 Å². The average Bonchev–Trinajstić information content (AvgIpc) is 3.15. The summed E-state index contributed by atoms with van der Waals surface area (Å²) in [6.07, 6.45) is 22.0. The van der Waals surface area contributed by atoms with Crippen LogP contribution in [0, 0.1) is 46.3 Å². The van der Waals surface area contributed by atoms with Gasteiger partial charge in [0.25, 0.3) is 0 Å². The van der Waals surface area contributed by atoms with Gasteiger partial charge < -0.3 is 0 Å². The maximum atomic E-state index is 2.77. The maximum Gasteiger partial charge on any atom is -0.00851 e. The third-order valence-corrected chi connectivity index (χ3v) is 10.6. The van der Waals surface area contributed by atoms with Crippen molar-refractivity contribution in [2.75, 3.05) is 0 Å². The first-order valence-electron chi connectivity index (χ1n) is 15.1. The Kier molecular flexibility index (Phi) is 10.9. The molecule has 0 bridgehead atoms. The van der Waals surface area contributed by atoms with E-state index in [1.165, 1.54) is 77.0 Å². The minimum absolute atomic E-state index is 0.561. The molecular weight excluding hydrogens is 384 g/mol. The summed E-state index contributed by atoms with van der Waals surface area (Å²) >= 11 is 0. The lowest BCUT2D eigenvalue weighted by Gasteiger charge is -2.58. The number of rotatable bonds is 6. The lowest BCUT2D eigenvalue weighted by atomic mass is 9.47. The molecule has 4 aliphatic rings. The highest BCUT2D eigenvalue weighted by molar-refractivity contribution is 5.25. The maximum absolute atomic E-state index is 2.77. The smallest absolute Gasteiger partial charge is 0.00851 e. The van der Waals surface area contributed by atoms with E-state index in [2.05, 4.69) is 40.7 Å². The summed E-state index contributed by atoms with van der Waals surface area (Å²) in [6.45, 7) is 20.6. The highest BCUT2D eigenvalue weighted by atomic mass is 14.6. The lowest BCUT2D eigenvalue weighted by Crippen LogP contribution is -2.50. The van der Waals surface area contributed by atoms with Crippen molar-refractivity contribution in [2.24, 2.45) is 46.3 Å². The van der Waals surface area contributed by atoms with Crippen molar-refractivity contribution in [1.82, 2.24) is 0 Å². The minimum Gasteiger partial charge on any atom is -0.0845 e. The van der Waals surface area contributed by atoms with Crippen molar-refractivity contribution >= 4 is 0 Å². The second-order valence-electron chi connectivity index (χ2n) is 12.3. The molecule has 0 heterocycles. The predicted octanol–water partition coefficient (Wildman–Crippen LogP) is 10.9. The largest absolute Gasteiger partial charge is 0.0845 e. The van der Waals surface area contributed by atoms with Gasteiger partial charge in [0.05, 0.1) is 0 Å². The van der Waals surface area contributed by atoms with Crippen LogP contribution in [0.15, 0.2) is 11.6 Å². The van der Waals surface area contributed by atoms with Gasteiger partial charge in [0.2, 0.25) is 0 Å². The molecule has 0 N–H and O–H groups in total. The van der Waals surface area contributed by atoms with E-state index in [0.29, 0.717) is 10.8 Å². The first-order valence-corrected chi connectivity index (χ1v) is 15.1. The quantitative estimate of drug-likeness (QED) is 0.282. The van der Waals surface area contributed by atoms with Gasteiger partial charge in [0, 0.05) is 0 Å². The zero-order valence-corrected chi connectivity index (χ0v) is 23.7. The fourth-order valence-electron chi connectivity index (χ4n) is 8.61. The molecule has 6 unspecified atom stereocenters. The van der Waals surface area contributed by atoms with Crippen LogP contribution in [0.2, 0.25) is 0 Å². The number of fused-ring (bicyclic) bond motifs is 5.